The van der Waals surface area contributed by atoms with Gasteiger partial charge in [-0.25, -0.2) is 17.5 Å². The third-order valence-corrected chi connectivity index (χ3v) is 8.35. The molecule has 2 aromatic carbocycles. The predicted octanol–water partition coefficient (Wildman–Crippen LogP) is 4.62. The summed E-state index contributed by atoms with van der Waals surface area (Å²) < 4.78 is 33.9. The molecule has 2 heterocycles. The number of rotatable bonds is 5. The minimum Gasteiger partial charge on any atom is -0.465 e. The molecule has 1 fully saturated rings. The minimum atomic E-state index is -3.76. The highest BCUT2D eigenvalue weighted by molar-refractivity contribution is 7.88. The number of esters is 1. The number of para-hydroxylation sites is 1. The largest absolute Gasteiger partial charge is 0.465 e. The zero-order chi connectivity index (χ0) is 23.8. The van der Waals surface area contributed by atoms with E-state index in [1.54, 1.807) is 42.5 Å². The number of nitrogens with zero attached hydrogens (tertiary/aromatic N) is 2. The Hall–Kier alpha value is -2.39. The summed E-state index contributed by atoms with van der Waals surface area (Å²) in [7, 11) is -2.47. The van der Waals surface area contributed by atoms with Crippen molar-refractivity contribution in [3.05, 3.63) is 69.8 Å². The van der Waals surface area contributed by atoms with Gasteiger partial charge in [-0.15, -0.1) is 0 Å². The summed E-state index contributed by atoms with van der Waals surface area (Å²) in [6.07, 6.45) is 2.54. The molecule has 0 spiro atoms. The lowest BCUT2D eigenvalue weighted by Crippen LogP contribution is -2.43. The van der Waals surface area contributed by atoms with Gasteiger partial charge in [0.25, 0.3) is 0 Å². The summed E-state index contributed by atoms with van der Waals surface area (Å²) in [4.78, 5) is 25.6. The Balaban J connectivity index is 1.60. The lowest BCUT2D eigenvalue weighted by Gasteiger charge is -2.31. The molecule has 4 rings (SSSR count). The molecule has 33 heavy (non-hydrogen) atoms. The third-order valence-electron chi connectivity index (χ3n) is 5.87. The number of sulfonamides is 1. The van der Waals surface area contributed by atoms with Crippen molar-refractivity contribution in [3.8, 4) is 0 Å². The van der Waals surface area contributed by atoms with Gasteiger partial charge in [0, 0.05) is 40.3 Å². The van der Waals surface area contributed by atoms with E-state index < -0.39 is 21.9 Å². The topological polar surface area (TPSA) is 85.7 Å². The van der Waals surface area contributed by atoms with Crippen LogP contribution in [-0.4, -0.2) is 49.4 Å². The van der Waals surface area contributed by atoms with E-state index in [1.165, 1.54) is 22.2 Å². The summed E-state index contributed by atoms with van der Waals surface area (Å²) in [5.41, 5.74) is 1.20. The molecule has 1 aromatic heterocycles. The number of carbonyl (C=O) groups is 2. The first-order valence-corrected chi connectivity index (χ1v) is 12.7. The monoisotopic (exact) mass is 508 g/mol. The molecule has 1 aliphatic heterocycles. The number of hydrogen-bond acceptors (Lipinski definition) is 5. The van der Waals surface area contributed by atoms with Crippen LogP contribution in [-0.2, 0) is 20.5 Å². The Morgan fingerprint density at radius 1 is 1.09 bits per heavy atom. The van der Waals surface area contributed by atoms with Gasteiger partial charge in [-0.05, 0) is 31.0 Å². The van der Waals surface area contributed by atoms with Crippen LogP contribution < -0.4 is 0 Å². The fraction of sp³-hybridized carbons (Fsp3) is 0.304. The van der Waals surface area contributed by atoms with Crippen LogP contribution in [0, 0.1) is 5.92 Å². The minimum absolute atomic E-state index is 0.0449. The van der Waals surface area contributed by atoms with Gasteiger partial charge >= 0.3 is 5.97 Å². The summed E-state index contributed by atoms with van der Waals surface area (Å²) in [6.45, 7) is 0.358. The Labute approximate surface area is 201 Å². The first-order valence-electron chi connectivity index (χ1n) is 10.4. The van der Waals surface area contributed by atoms with Crippen LogP contribution in [0.4, 0.5) is 0 Å². The first-order chi connectivity index (χ1) is 15.7. The fourth-order valence-corrected chi connectivity index (χ4v) is 6.53. The van der Waals surface area contributed by atoms with E-state index in [0.717, 1.165) is 0 Å². The number of aromatic nitrogens is 1. The lowest BCUT2D eigenvalue weighted by atomic mass is 9.98. The summed E-state index contributed by atoms with van der Waals surface area (Å²) >= 11 is 12.3. The van der Waals surface area contributed by atoms with Gasteiger partial charge in [-0.3, -0.25) is 9.36 Å². The molecule has 0 aliphatic carbocycles. The van der Waals surface area contributed by atoms with Crippen LogP contribution in [0.25, 0.3) is 10.9 Å². The molecule has 3 aromatic rings. The van der Waals surface area contributed by atoms with Crippen molar-refractivity contribution in [1.29, 1.82) is 0 Å². The third kappa shape index (κ3) is 4.66. The Morgan fingerprint density at radius 3 is 2.48 bits per heavy atom. The fourth-order valence-electron chi connectivity index (χ4n) is 4.17. The van der Waals surface area contributed by atoms with Gasteiger partial charge in [-0.1, -0.05) is 47.5 Å². The van der Waals surface area contributed by atoms with Crippen LogP contribution in [0.1, 0.15) is 33.6 Å². The van der Waals surface area contributed by atoms with Crippen molar-refractivity contribution in [2.75, 3.05) is 20.2 Å². The number of fused-ring (bicyclic) bond motifs is 1. The van der Waals surface area contributed by atoms with Crippen LogP contribution in [0.2, 0.25) is 10.0 Å². The quantitative estimate of drug-likeness (QED) is 0.469. The number of ether oxygens (including phenoxy) is 1. The highest BCUT2D eigenvalue weighted by Crippen LogP contribution is 2.30. The Kier molecular flexibility index (Phi) is 6.81. The molecule has 0 radical (unpaired) electrons. The maximum absolute atomic E-state index is 13.4. The summed E-state index contributed by atoms with van der Waals surface area (Å²) in [6, 6.07) is 11.9. The summed E-state index contributed by atoms with van der Waals surface area (Å²) in [5, 5.41) is 1.17. The Bertz CT molecular complexity index is 1320. The average Bonchev–Trinajstić information content (AvgIpc) is 3.20. The van der Waals surface area contributed by atoms with Crippen molar-refractivity contribution < 1.29 is 22.7 Å². The maximum Gasteiger partial charge on any atom is 0.340 e. The zero-order valence-corrected chi connectivity index (χ0v) is 20.2. The van der Waals surface area contributed by atoms with E-state index >= 15 is 0 Å². The SMILES string of the molecule is COC(=O)c1cn(C(=O)[C@@H]2CCCN(S(=O)(=O)Cc3c(Cl)cccc3Cl)C2)c2ccccc12. The van der Waals surface area contributed by atoms with Crippen molar-refractivity contribution in [2.24, 2.45) is 5.92 Å². The number of methoxy groups -OCH3 is 1. The van der Waals surface area contributed by atoms with Crippen molar-refractivity contribution in [2.45, 2.75) is 18.6 Å². The maximum atomic E-state index is 13.4. The molecule has 174 valence electrons. The highest BCUT2D eigenvalue weighted by atomic mass is 35.5. The molecule has 7 nitrogen and oxygen atoms in total. The Morgan fingerprint density at radius 2 is 1.79 bits per heavy atom. The molecule has 1 saturated heterocycles. The van der Waals surface area contributed by atoms with Crippen LogP contribution in [0.3, 0.4) is 0 Å². The van der Waals surface area contributed by atoms with E-state index in [0.29, 0.717) is 35.9 Å². The average molecular weight is 509 g/mol. The van der Waals surface area contributed by atoms with E-state index in [4.69, 9.17) is 27.9 Å². The highest BCUT2D eigenvalue weighted by Gasteiger charge is 2.34. The molecule has 1 atom stereocenters. The van der Waals surface area contributed by atoms with Crippen LogP contribution in [0.5, 0.6) is 0 Å². The molecule has 0 unspecified atom stereocenters. The van der Waals surface area contributed by atoms with E-state index in [1.807, 2.05) is 0 Å². The second-order valence-corrected chi connectivity index (χ2v) is 10.7. The number of carbonyl (C=O) groups excluding carboxylic acids is 2. The molecule has 0 saturated carbocycles. The van der Waals surface area contributed by atoms with Crippen molar-refractivity contribution >= 4 is 56.0 Å². The van der Waals surface area contributed by atoms with Gasteiger partial charge in [0.2, 0.25) is 15.9 Å². The normalized spacial score (nSPS) is 17.2. The predicted molar refractivity (Wildman–Crippen MR) is 127 cm³/mol. The molecular formula is C23H22Cl2N2O5S. The molecule has 0 N–H and O–H groups in total. The zero-order valence-electron chi connectivity index (χ0n) is 17.8. The lowest BCUT2D eigenvalue weighted by molar-refractivity contribution is 0.0603. The molecular weight excluding hydrogens is 487 g/mol. The van der Waals surface area contributed by atoms with Gasteiger partial charge in [-0.2, -0.15) is 0 Å². The standard InChI is InChI=1S/C23H22Cl2N2O5S/c1-32-23(29)17-13-27(21-10-3-2-7-16(17)21)22(28)15-6-5-11-26(12-15)33(30,31)14-18-19(24)8-4-9-20(18)25/h2-4,7-10,13,15H,5-6,11-12,14H2,1H3/t15-/m1/s1. The first kappa shape index (κ1) is 23.8. The second-order valence-electron chi connectivity index (χ2n) is 7.91. The van der Waals surface area contributed by atoms with Gasteiger partial charge in [0.15, 0.2) is 0 Å². The number of halogens is 2. The van der Waals surface area contributed by atoms with E-state index in [9.17, 15) is 18.0 Å². The van der Waals surface area contributed by atoms with Crippen molar-refractivity contribution in [1.82, 2.24) is 8.87 Å². The second kappa shape index (κ2) is 9.46. The van der Waals surface area contributed by atoms with Crippen molar-refractivity contribution in [3.63, 3.8) is 0 Å². The summed E-state index contributed by atoms with van der Waals surface area (Å²) in [5.74, 6) is -1.71. The van der Waals surface area contributed by atoms with Gasteiger partial charge in [0.1, 0.15) is 0 Å². The molecule has 10 heteroatoms. The van der Waals surface area contributed by atoms with E-state index in [2.05, 4.69) is 0 Å². The van der Waals surface area contributed by atoms with Gasteiger partial charge in [0.05, 0.1) is 29.9 Å². The molecule has 1 aliphatic rings. The number of benzene rings is 2. The van der Waals surface area contributed by atoms with Gasteiger partial charge < -0.3 is 4.74 Å². The number of piperidine rings is 1. The van der Waals surface area contributed by atoms with Crippen LogP contribution >= 0.6 is 23.2 Å². The molecule has 0 amide bonds. The number of hydrogen-bond donors (Lipinski definition) is 0. The van der Waals surface area contributed by atoms with E-state index in [-0.39, 0.29) is 33.8 Å². The molecule has 0 bridgehead atoms. The van der Waals surface area contributed by atoms with Crippen LogP contribution in [0.15, 0.2) is 48.7 Å². The smallest absolute Gasteiger partial charge is 0.340 e.